The first kappa shape index (κ1) is 19.7. The highest BCUT2D eigenvalue weighted by molar-refractivity contribution is 6.33. The molecule has 8 heteroatoms. The molecule has 0 bridgehead atoms. The van der Waals surface area contributed by atoms with E-state index in [1.807, 2.05) is 6.92 Å². The van der Waals surface area contributed by atoms with Crippen molar-refractivity contribution in [3.05, 3.63) is 50.4 Å². The average molecular weight is 409 g/mol. The van der Waals surface area contributed by atoms with Gasteiger partial charge in [0, 0.05) is 23.8 Å². The smallest absolute Gasteiger partial charge is 0.288 e. The van der Waals surface area contributed by atoms with Gasteiger partial charge < -0.3 is 10.2 Å². The van der Waals surface area contributed by atoms with E-state index >= 15 is 0 Å². The molecular weight excluding hydrogens is 387 g/mol. The van der Waals surface area contributed by atoms with E-state index in [9.17, 15) is 9.59 Å². The average Bonchev–Trinajstić information content (AvgIpc) is 2.67. The highest BCUT2D eigenvalue weighted by Gasteiger charge is 2.23. The molecule has 0 unspecified atom stereocenters. The van der Waals surface area contributed by atoms with Gasteiger partial charge in [-0.3, -0.25) is 9.59 Å². The molecule has 0 aliphatic carbocycles. The van der Waals surface area contributed by atoms with Crippen LogP contribution in [0, 0.1) is 6.92 Å². The largest absolute Gasteiger partial charge is 0.369 e. The molecule has 3 rings (SSSR count). The Labute approximate surface area is 168 Å². The first-order chi connectivity index (χ1) is 12.9. The van der Waals surface area contributed by atoms with Gasteiger partial charge in [0.25, 0.3) is 5.56 Å². The summed E-state index contributed by atoms with van der Waals surface area (Å²) < 4.78 is 1.12. The number of aromatic nitrogens is 2. The Hall–Kier alpha value is -2.05. The minimum Gasteiger partial charge on any atom is -0.369 e. The molecule has 144 valence electrons. The van der Waals surface area contributed by atoms with Crippen LogP contribution >= 0.6 is 23.2 Å². The van der Waals surface area contributed by atoms with Crippen LogP contribution in [0.15, 0.2) is 29.2 Å². The number of nitrogens with one attached hydrogen (secondary N) is 1. The van der Waals surface area contributed by atoms with Crippen LogP contribution in [0.2, 0.25) is 10.0 Å². The predicted octanol–water partition coefficient (Wildman–Crippen LogP) is 4.05. The molecule has 1 N–H and O–H groups in total. The van der Waals surface area contributed by atoms with E-state index in [0.717, 1.165) is 36.2 Å². The quantitative estimate of drug-likeness (QED) is 0.828. The van der Waals surface area contributed by atoms with Crippen molar-refractivity contribution >= 4 is 40.5 Å². The second-order valence-electron chi connectivity index (χ2n) is 6.72. The van der Waals surface area contributed by atoms with E-state index in [0.29, 0.717) is 16.4 Å². The fraction of sp³-hybridized carbons (Fsp3) is 0.421. The number of nitrogens with zero attached hydrogens (tertiary/aromatic N) is 3. The summed E-state index contributed by atoms with van der Waals surface area (Å²) >= 11 is 12.4. The van der Waals surface area contributed by atoms with Crippen molar-refractivity contribution in [2.45, 2.75) is 39.2 Å². The Morgan fingerprint density at radius 3 is 2.63 bits per heavy atom. The van der Waals surface area contributed by atoms with Crippen molar-refractivity contribution in [1.29, 1.82) is 0 Å². The Kier molecular flexibility index (Phi) is 6.07. The third-order valence-electron chi connectivity index (χ3n) is 4.89. The third kappa shape index (κ3) is 4.12. The predicted molar refractivity (Wildman–Crippen MR) is 109 cm³/mol. The molecule has 1 atom stereocenters. The lowest BCUT2D eigenvalue weighted by atomic mass is 10.1. The van der Waals surface area contributed by atoms with Crippen LogP contribution in [0.4, 0.5) is 11.4 Å². The molecule has 1 aromatic carbocycles. The second-order valence-corrected chi connectivity index (χ2v) is 7.50. The van der Waals surface area contributed by atoms with Gasteiger partial charge in [0.2, 0.25) is 5.91 Å². The van der Waals surface area contributed by atoms with Gasteiger partial charge in [0.1, 0.15) is 11.1 Å². The molecule has 1 aliphatic heterocycles. The molecule has 1 amide bonds. The zero-order chi connectivity index (χ0) is 19.6. The van der Waals surface area contributed by atoms with E-state index in [4.69, 9.17) is 23.2 Å². The number of benzene rings is 1. The topological polar surface area (TPSA) is 67.2 Å². The summed E-state index contributed by atoms with van der Waals surface area (Å²) in [6, 6.07) is 4.45. The minimum absolute atomic E-state index is 0.102. The maximum atomic E-state index is 12.7. The third-order valence-corrected chi connectivity index (χ3v) is 5.66. The van der Waals surface area contributed by atoms with E-state index in [1.54, 1.807) is 31.3 Å². The SMILES string of the molecule is Cc1c(Cl)cccc1NC(=O)[C@@H](C)n1ncc(N2CCCCC2)c(Cl)c1=O. The molecule has 27 heavy (non-hydrogen) atoms. The van der Waals surface area contributed by atoms with E-state index in [1.165, 1.54) is 6.42 Å². The highest BCUT2D eigenvalue weighted by atomic mass is 35.5. The number of rotatable bonds is 4. The lowest BCUT2D eigenvalue weighted by molar-refractivity contribution is -0.119. The summed E-state index contributed by atoms with van der Waals surface area (Å²) in [5, 5.41) is 7.67. The summed E-state index contributed by atoms with van der Waals surface area (Å²) in [5.41, 5.74) is 1.53. The zero-order valence-electron chi connectivity index (χ0n) is 15.3. The maximum absolute atomic E-state index is 12.7. The number of carbonyl (C=O) groups excluding carboxylic acids is 1. The van der Waals surface area contributed by atoms with Gasteiger partial charge >= 0.3 is 0 Å². The number of amides is 1. The van der Waals surface area contributed by atoms with Crippen molar-refractivity contribution < 1.29 is 4.79 Å². The van der Waals surface area contributed by atoms with Crippen LogP contribution in [0.25, 0.3) is 0 Å². The number of hydrogen-bond donors (Lipinski definition) is 1. The van der Waals surface area contributed by atoms with Crippen LogP contribution in [-0.4, -0.2) is 28.8 Å². The van der Waals surface area contributed by atoms with Gasteiger partial charge in [-0.15, -0.1) is 0 Å². The van der Waals surface area contributed by atoms with Crippen molar-refractivity contribution in [1.82, 2.24) is 9.78 Å². The summed E-state index contributed by atoms with van der Waals surface area (Å²) in [6.45, 7) is 5.14. The fourth-order valence-corrected chi connectivity index (χ4v) is 3.59. The lowest BCUT2D eigenvalue weighted by Crippen LogP contribution is -2.36. The second kappa shape index (κ2) is 8.31. The molecule has 0 saturated carbocycles. The van der Waals surface area contributed by atoms with Crippen molar-refractivity contribution in [2.24, 2.45) is 0 Å². The Bertz CT molecular complexity index is 907. The van der Waals surface area contributed by atoms with Gasteiger partial charge in [-0.2, -0.15) is 5.10 Å². The van der Waals surface area contributed by atoms with Gasteiger partial charge in [0.15, 0.2) is 0 Å². The van der Waals surface area contributed by atoms with Crippen LogP contribution in [-0.2, 0) is 4.79 Å². The number of hydrogen-bond acceptors (Lipinski definition) is 4. The molecule has 1 fully saturated rings. The Morgan fingerprint density at radius 1 is 1.22 bits per heavy atom. The van der Waals surface area contributed by atoms with Crippen molar-refractivity contribution in [3.63, 3.8) is 0 Å². The van der Waals surface area contributed by atoms with Crippen LogP contribution in [0.1, 0.15) is 37.8 Å². The minimum atomic E-state index is -0.816. The maximum Gasteiger partial charge on any atom is 0.288 e. The first-order valence-electron chi connectivity index (χ1n) is 8.98. The molecule has 2 heterocycles. The van der Waals surface area contributed by atoms with Crippen molar-refractivity contribution in [2.75, 3.05) is 23.3 Å². The van der Waals surface area contributed by atoms with Gasteiger partial charge in [-0.25, -0.2) is 4.68 Å². The normalized spacial score (nSPS) is 15.5. The van der Waals surface area contributed by atoms with E-state index in [2.05, 4.69) is 15.3 Å². The molecule has 1 saturated heterocycles. The Balaban J connectivity index is 1.82. The van der Waals surface area contributed by atoms with E-state index < -0.39 is 11.6 Å². The number of piperidine rings is 1. The summed E-state index contributed by atoms with van der Waals surface area (Å²) in [4.78, 5) is 27.4. The van der Waals surface area contributed by atoms with Crippen molar-refractivity contribution in [3.8, 4) is 0 Å². The standard InChI is InChI=1S/C19H22Cl2N4O2/c1-12-14(20)7-6-8-15(12)23-18(26)13(2)25-19(27)17(21)16(11-22-25)24-9-4-3-5-10-24/h6-8,11,13H,3-5,9-10H2,1-2H3,(H,23,26)/t13-/m1/s1. The number of carbonyl (C=O) groups is 1. The van der Waals surface area contributed by atoms with Gasteiger partial charge in [-0.05, 0) is 50.8 Å². The number of halogens is 2. The monoisotopic (exact) mass is 408 g/mol. The molecule has 0 spiro atoms. The molecular formula is C19H22Cl2N4O2. The van der Waals surface area contributed by atoms with E-state index in [-0.39, 0.29) is 10.9 Å². The lowest BCUT2D eigenvalue weighted by Gasteiger charge is -2.29. The number of anilines is 2. The molecule has 2 aromatic rings. The molecule has 0 radical (unpaired) electrons. The summed E-state index contributed by atoms with van der Waals surface area (Å²) in [5.74, 6) is -0.364. The van der Waals surface area contributed by atoms with Crippen LogP contribution < -0.4 is 15.8 Å². The van der Waals surface area contributed by atoms with Gasteiger partial charge in [0.05, 0.1) is 11.9 Å². The Morgan fingerprint density at radius 2 is 1.93 bits per heavy atom. The first-order valence-corrected chi connectivity index (χ1v) is 9.74. The van der Waals surface area contributed by atoms with Gasteiger partial charge in [-0.1, -0.05) is 29.3 Å². The summed E-state index contributed by atoms with van der Waals surface area (Å²) in [7, 11) is 0. The molecule has 6 nitrogen and oxygen atoms in total. The molecule has 1 aromatic heterocycles. The highest BCUT2D eigenvalue weighted by Crippen LogP contribution is 2.26. The summed E-state index contributed by atoms with van der Waals surface area (Å²) in [6.07, 6.45) is 4.89. The van der Waals surface area contributed by atoms with Crippen LogP contribution in [0.5, 0.6) is 0 Å². The zero-order valence-corrected chi connectivity index (χ0v) is 16.8. The van der Waals surface area contributed by atoms with Crippen LogP contribution in [0.3, 0.4) is 0 Å². The fourth-order valence-electron chi connectivity index (χ4n) is 3.16. The molecule has 1 aliphatic rings.